The molecule has 0 saturated heterocycles. The van der Waals surface area contributed by atoms with Gasteiger partial charge in [-0.2, -0.15) is 0 Å². The first-order chi connectivity index (χ1) is 5.31. The van der Waals surface area contributed by atoms with Gasteiger partial charge in [-0.3, -0.25) is 0 Å². The Hall–Kier alpha value is 0.690. The molecule has 0 spiro atoms. The van der Waals surface area contributed by atoms with Gasteiger partial charge in [0.05, 0.1) is 0 Å². The molecule has 0 aliphatic carbocycles. The van der Waals surface area contributed by atoms with Crippen molar-refractivity contribution in [2.45, 2.75) is 33.1 Å². The molecule has 1 atom stereocenters. The Balaban J connectivity index is 2.89. The minimum absolute atomic E-state index is 0.842. The lowest BCUT2D eigenvalue weighted by molar-refractivity contribution is 0.495. The number of halogens is 1. The molecule has 0 aromatic carbocycles. The number of unbranched alkanes of at least 4 members (excludes halogenated alkanes) is 1. The van der Waals surface area contributed by atoms with Crippen LogP contribution in [0.25, 0.3) is 0 Å². The molecule has 1 N–H and O–H groups in total. The van der Waals surface area contributed by atoms with E-state index in [9.17, 15) is 0 Å². The van der Waals surface area contributed by atoms with E-state index in [0.717, 1.165) is 5.92 Å². The molecule has 2 heteroatoms. The molecule has 0 aromatic heterocycles. The molecule has 0 rings (SSSR count). The molecule has 0 aromatic rings. The molecule has 0 fully saturated rings. The van der Waals surface area contributed by atoms with Crippen molar-refractivity contribution >= 4 is 22.6 Å². The molecule has 0 aliphatic rings. The summed E-state index contributed by atoms with van der Waals surface area (Å²) in [4.78, 5) is 0. The smallest absolute Gasteiger partial charge is 0.000426 e. The maximum Gasteiger partial charge on any atom is -0.000426 e. The minimum Gasteiger partial charge on any atom is -0.316 e. The minimum atomic E-state index is 0.842. The fraction of sp³-hybridized carbons (Fsp3) is 1.00. The molecule has 0 aliphatic heterocycles. The van der Waals surface area contributed by atoms with E-state index in [1.807, 2.05) is 0 Å². The molecule has 0 amide bonds. The van der Waals surface area contributed by atoms with Crippen molar-refractivity contribution in [1.29, 1.82) is 0 Å². The second kappa shape index (κ2) is 8.78. The fourth-order valence-electron chi connectivity index (χ4n) is 0.837. The molecule has 0 heterocycles. The Labute approximate surface area is 84.5 Å². The first-order valence-electron chi connectivity index (χ1n) is 4.58. The van der Waals surface area contributed by atoms with E-state index in [1.54, 1.807) is 0 Å². The third-order valence-corrected chi connectivity index (χ3v) is 2.69. The van der Waals surface area contributed by atoms with Crippen LogP contribution in [-0.2, 0) is 0 Å². The Morgan fingerprint density at radius 1 is 1.36 bits per heavy atom. The van der Waals surface area contributed by atoms with Crippen LogP contribution in [0, 0.1) is 5.92 Å². The van der Waals surface area contributed by atoms with Crippen molar-refractivity contribution in [3.63, 3.8) is 0 Å². The van der Waals surface area contributed by atoms with Crippen molar-refractivity contribution < 1.29 is 0 Å². The molecular weight excluding hydrogens is 249 g/mol. The van der Waals surface area contributed by atoms with Crippen LogP contribution < -0.4 is 5.32 Å². The van der Waals surface area contributed by atoms with E-state index in [4.69, 9.17) is 0 Å². The third kappa shape index (κ3) is 8.60. The highest BCUT2D eigenvalue weighted by molar-refractivity contribution is 14.1. The van der Waals surface area contributed by atoms with Crippen molar-refractivity contribution in [3.05, 3.63) is 0 Å². The predicted octanol–water partition coefficient (Wildman–Crippen LogP) is 2.84. The number of nitrogens with one attached hydrogen (secondary N) is 1. The van der Waals surface area contributed by atoms with Crippen molar-refractivity contribution in [2.24, 2.45) is 5.92 Å². The largest absolute Gasteiger partial charge is 0.316 e. The van der Waals surface area contributed by atoms with Gasteiger partial charge in [0, 0.05) is 0 Å². The summed E-state index contributed by atoms with van der Waals surface area (Å²) >= 11 is 2.43. The van der Waals surface area contributed by atoms with Gasteiger partial charge in [0.1, 0.15) is 0 Å². The van der Waals surface area contributed by atoms with Crippen LogP contribution in [0.4, 0.5) is 0 Å². The summed E-state index contributed by atoms with van der Waals surface area (Å²) in [7, 11) is 0. The van der Waals surface area contributed by atoms with Crippen molar-refractivity contribution in [2.75, 3.05) is 17.5 Å². The topological polar surface area (TPSA) is 12.0 Å². The highest BCUT2D eigenvalue weighted by Crippen LogP contribution is 1.97. The highest BCUT2D eigenvalue weighted by Gasteiger charge is 1.95. The summed E-state index contributed by atoms with van der Waals surface area (Å²) in [5.41, 5.74) is 0. The van der Waals surface area contributed by atoms with E-state index in [2.05, 4.69) is 41.8 Å². The molecule has 68 valence electrons. The lowest BCUT2D eigenvalue weighted by atomic mass is 10.1. The Kier molecular flexibility index (Phi) is 9.33. The van der Waals surface area contributed by atoms with Gasteiger partial charge in [-0.15, -0.1) is 0 Å². The molecule has 1 nitrogen and oxygen atoms in total. The number of rotatable bonds is 7. The average molecular weight is 269 g/mol. The van der Waals surface area contributed by atoms with Gasteiger partial charge in [-0.1, -0.05) is 42.9 Å². The van der Waals surface area contributed by atoms with Crippen LogP contribution in [0.3, 0.4) is 0 Å². The van der Waals surface area contributed by atoms with Gasteiger partial charge in [0.25, 0.3) is 0 Å². The van der Waals surface area contributed by atoms with Crippen LogP contribution in [0.2, 0.25) is 0 Å². The zero-order chi connectivity index (χ0) is 8.53. The van der Waals surface area contributed by atoms with Gasteiger partial charge in [0.15, 0.2) is 0 Å². The first kappa shape index (κ1) is 11.7. The quantitative estimate of drug-likeness (QED) is 0.426. The number of hydrogen-bond donors (Lipinski definition) is 1. The zero-order valence-electron chi connectivity index (χ0n) is 7.70. The summed E-state index contributed by atoms with van der Waals surface area (Å²) in [5, 5.41) is 3.47. The monoisotopic (exact) mass is 269 g/mol. The average Bonchev–Trinajstić information content (AvgIpc) is 2.04. The second-order valence-corrected chi connectivity index (χ2v) is 4.19. The van der Waals surface area contributed by atoms with Gasteiger partial charge in [-0.25, -0.2) is 0 Å². The van der Waals surface area contributed by atoms with E-state index in [0.29, 0.717) is 0 Å². The Morgan fingerprint density at radius 3 is 2.64 bits per heavy atom. The van der Waals surface area contributed by atoms with Crippen LogP contribution in [0.1, 0.15) is 33.1 Å². The predicted molar refractivity (Wildman–Crippen MR) is 60.4 cm³/mol. The molecule has 0 bridgehead atoms. The normalized spacial score (nSPS) is 13.4. The van der Waals surface area contributed by atoms with E-state index in [1.165, 1.54) is 36.8 Å². The van der Waals surface area contributed by atoms with Crippen LogP contribution in [0.15, 0.2) is 0 Å². The van der Waals surface area contributed by atoms with Gasteiger partial charge in [-0.05, 0) is 36.3 Å². The fourth-order valence-corrected chi connectivity index (χ4v) is 1.38. The number of hydrogen-bond acceptors (Lipinski definition) is 1. The summed E-state index contributed by atoms with van der Waals surface area (Å²) in [6, 6.07) is 0. The van der Waals surface area contributed by atoms with Crippen LogP contribution in [0.5, 0.6) is 0 Å². The van der Waals surface area contributed by atoms with E-state index >= 15 is 0 Å². The van der Waals surface area contributed by atoms with Crippen LogP contribution >= 0.6 is 22.6 Å². The van der Waals surface area contributed by atoms with Crippen molar-refractivity contribution in [3.8, 4) is 0 Å². The lowest BCUT2D eigenvalue weighted by Crippen LogP contribution is -2.21. The van der Waals surface area contributed by atoms with Crippen molar-refractivity contribution in [1.82, 2.24) is 5.32 Å². The lowest BCUT2D eigenvalue weighted by Gasteiger charge is -2.08. The highest BCUT2D eigenvalue weighted by atomic mass is 127. The molecule has 0 saturated carbocycles. The van der Waals surface area contributed by atoms with E-state index < -0.39 is 0 Å². The zero-order valence-corrected chi connectivity index (χ0v) is 9.86. The summed E-state index contributed by atoms with van der Waals surface area (Å²) in [6.07, 6.45) is 3.98. The third-order valence-electron chi connectivity index (χ3n) is 1.93. The van der Waals surface area contributed by atoms with Gasteiger partial charge in [0.2, 0.25) is 0 Å². The first-order valence-corrected chi connectivity index (χ1v) is 6.10. The maximum atomic E-state index is 3.47. The molecule has 11 heavy (non-hydrogen) atoms. The van der Waals surface area contributed by atoms with E-state index in [-0.39, 0.29) is 0 Å². The van der Waals surface area contributed by atoms with Gasteiger partial charge >= 0.3 is 0 Å². The summed E-state index contributed by atoms with van der Waals surface area (Å²) in [5.74, 6) is 0.842. The molecule has 0 radical (unpaired) electrons. The Bertz CT molecular complexity index is 76.0. The molecular formula is C9H20IN. The van der Waals surface area contributed by atoms with Crippen LogP contribution in [-0.4, -0.2) is 17.5 Å². The number of alkyl halides is 1. The second-order valence-electron chi connectivity index (χ2n) is 3.11. The maximum absolute atomic E-state index is 3.47. The summed E-state index contributed by atoms with van der Waals surface area (Å²) in [6.45, 7) is 6.94. The molecule has 1 unspecified atom stereocenters. The Morgan fingerprint density at radius 2 is 2.09 bits per heavy atom. The summed E-state index contributed by atoms with van der Waals surface area (Å²) < 4.78 is 1.29. The standard InChI is InChI=1S/C9H20IN/c1-3-9(2)8-11-7-5-4-6-10/h9,11H,3-8H2,1-2H3. The van der Waals surface area contributed by atoms with Gasteiger partial charge < -0.3 is 5.32 Å². The SMILES string of the molecule is CCC(C)CNCCCCI.